The summed E-state index contributed by atoms with van der Waals surface area (Å²) in [5.41, 5.74) is 0.748. The average Bonchev–Trinajstić information content (AvgIpc) is 2.69. The summed E-state index contributed by atoms with van der Waals surface area (Å²) < 4.78 is 44.0. The van der Waals surface area contributed by atoms with Crippen molar-refractivity contribution in [1.29, 1.82) is 0 Å². The molecule has 1 saturated carbocycles. The number of nitrogens with one attached hydrogen (secondary N) is 1. The van der Waals surface area contributed by atoms with Gasteiger partial charge in [-0.15, -0.1) is 0 Å². The predicted molar refractivity (Wildman–Crippen MR) is 107 cm³/mol. The molecule has 0 spiro atoms. The third kappa shape index (κ3) is 5.85. The van der Waals surface area contributed by atoms with Crippen LogP contribution in [0, 0.1) is 5.92 Å². The van der Waals surface area contributed by atoms with Gasteiger partial charge in [-0.3, -0.25) is 4.79 Å². The SMILES string of the molecule is C[C@H](NC(=O)[C@H](OCc1ccc(C(F)(F)F)cc1)C1CCC1)c1ccc(C(=O)O)cc1. The number of carboxylic acids is 1. The van der Waals surface area contributed by atoms with Gasteiger partial charge in [0.15, 0.2) is 0 Å². The first-order valence-corrected chi connectivity index (χ1v) is 10.1. The van der Waals surface area contributed by atoms with Crippen LogP contribution in [0.4, 0.5) is 13.2 Å². The van der Waals surface area contributed by atoms with Crippen LogP contribution in [0.3, 0.4) is 0 Å². The number of rotatable bonds is 8. The minimum absolute atomic E-state index is 0.0361. The smallest absolute Gasteiger partial charge is 0.416 e. The second-order valence-electron chi connectivity index (χ2n) is 7.77. The van der Waals surface area contributed by atoms with Crippen molar-refractivity contribution in [2.75, 3.05) is 0 Å². The van der Waals surface area contributed by atoms with Crippen molar-refractivity contribution in [3.63, 3.8) is 0 Å². The maximum absolute atomic E-state index is 12.9. The summed E-state index contributed by atoms with van der Waals surface area (Å²) in [7, 11) is 0. The number of hydrogen-bond acceptors (Lipinski definition) is 3. The van der Waals surface area contributed by atoms with E-state index in [0.717, 1.165) is 37.0 Å². The zero-order chi connectivity index (χ0) is 22.6. The van der Waals surface area contributed by atoms with Crippen molar-refractivity contribution in [2.24, 2.45) is 5.92 Å². The number of carbonyl (C=O) groups excluding carboxylic acids is 1. The van der Waals surface area contributed by atoms with E-state index in [1.54, 1.807) is 19.1 Å². The molecule has 2 atom stereocenters. The van der Waals surface area contributed by atoms with Crippen LogP contribution in [0.15, 0.2) is 48.5 Å². The van der Waals surface area contributed by atoms with Crippen molar-refractivity contribution in [3.05, 3.63) is 70.8 Å². The molecule has 5 nitrogen and oxygen atoms in total. The van der Waals surface area contributed by atoms with Gasteiger partial charge in [-0.2, -0.15) is 13.2 Å². The van der Waals surface area contributed by atoms with Gasteiger partial charge in [-0.25, -0.2) is 4.79 Å². The highest BCUT2D eigenvalue weighted by Gasteiger charge is 2.34. The Labute approximate surface area is 178 Å². The highest BCUT2D eigenvalue weighted by molar-refractivity contribution is 5.87. The summed E-state index contributed by atoms with van der Waals surface area (Å²) in [5.74, 6) is -1.24. The lowest BCUT2D eigenvalue weighted by Gasteiger charge is -2.33. The fourth-order valence-electron chi connectivity index (χ4n) is 3.44. The average molecular weight is 435 g/mol. The van der Waals surface area contributed by atoms with E-state index in [9.17, 15) is 22.8 Å². The molecule has 0 saturated heterocycles. The number of alkyl halides is 3. The predicted octanol–water partition coefficient (Wildman–Crippen LogP) is 4.97. The Morgan fingerprint density at radius 3 is 2.19 bits per heavy atom. The summed E-state index contributed by atoms with van der Waals surface area (Å²) in [6, 6.07) is 10.6. The van der Waals surface area contributed by atoms with Gasteiger partial charge < -0.3 is 15.2 Å². The molecule has 8 heteroatoms. The molecular formula is C23H24F3NO4. The van der Waals surface area contributed by atoms with Gasteiger partial charge >= 0.3 is 12.1 Å². The molecule has 3 rings (SSSR count). The zero-order valence-electron chi connectivity index (χ0n) is 17.0. The molecule has 166 valence electrons. The van der Waals surface area contributed by atoms with Gasteiger partial charge in [-0.05, 0) is 61.1 Å². The van der Waals surface area contributed by atoms with Crippen LogP contribution in [0.5, 0.6) is 0 Å². The normalized spacial score (nSPS) is 16.3. The number of amides is 1. The fourth-order valence-corrected chi connectivity index (χ4v) is 3.44. The minimum Gasteiger partial charge on any atom is -0.478 e. The Bertz CT molecular complexity index is 906. The molecule has 0 aromatic heterocycles. The number of carbonyl (C=O) groups is 2. The van der Waals surface area contributed by atoms with E-state index in [-0.39, 0.29) is 30.0 Å². The van der Waals surface area contributed by atoms with Crippen LogP contribution < -0.4 is 5.32 Å². The van der Waals surface area contributed by atoms with E-state index < -0.39 is 23.8 Å². The van der Waals surface area contributed by atoms with Crippen molar-refractivity contribution >= 4 is 11.9 Å². The number of benzene rings is 2. The van der Waals surface area contributed by atoms with E-state index in [0.29, 0.717) is 5.56 Å². The molecule has 1 fully saturated rings. The van der Waals surface area contributed by atoms with Gasteiger partial charge in [0.25, 0.3) is 0 Å². The van der Waals surface area contributed by atoms with Crippen molar-refractivity contribution in [2.45, 2.75) is 51.1 Å². The van der Waals surface area contributed by atoms with Crippen LogP contribution in [-0.2, 0) is 22.3 Å². The van der Waals surface area contributed by atoms with Crippen molar-refractivity contribution in [1.82, 2.24) is 5.32 Å². The number of carboxylic acid groups (broad SMARTS) is 1. The maximum Gasteiger partial charge on any atom is 0.416 e. The summed E-state index contributed by atoms with van der Waals surface area (Å²) in [6.07, 6.45) is -2.38. The topological polar surface area (TPSA) is 75.6 Å². The Hall–Kier alpha value is -2.87. The molecule has 0 bridgehead atoms. The monoisotopic (exact) mass is 435 g/mol. The summed E-state index contributed by atoms with van der Waals surface area (Å²) in [5, 5.41) is 11.9. The third-order valence-corrected chi connectivity index (χ3v) is 5.56. The van der Waals surface area contributed by atoms with E-state index in [1.165, 1.54) is 24.3 Å². The lowest BCUT2D eigenvalue weighted by Crippen LogP contribution is -2.44. The van der Waals surface area contributed by atoms with Gasteiger partial charge in [0.2, 0.25) is 5.91 Å². The van der Waals surface area contributed by atoms with E-state index >= 15 is 0 Å². The molecule has 0 aliphatic heterocycles. The van der Waals surface area contributed by atoms with Crippen molar-refractivity contribution in [3.8, 4) is 0 Å². The molecule has 1 aliphatic rings. The Morgan fingerprint density at radius 1 is 1.10 bits per heavy atom. The largest absolute Gasteiger partial charge is 0.478 e. The Balaban J connectivity index is 1.62. The van der Waals surface area contributed by atoms with Crippen LogP contribution in [0.1, 0.15) is 59.3 Å². The number of ether oxygens (including phenoxy) is 1. The molecule has 0 unspecified atom stereocenters. The second-order valence-corrected chi connectivity index (χ2v) is 7.77. The van der Waals surface area contributed by atoms with E-state index in [1.807, 2.05) is 0 Å². The molecule has 0 heterocycles. The van der Waals surface area contributed by atoms with Gasteiger partial charge in [0.05, 0.1) is 23.8 Å². The molecule has 31 heavy (non-hydrogen) atoms. The standard InChI is InChI=1S/C23H24F3NO4/c1-14(16-7-9-18(10-8-16)22(29)30)27-21(28)20(17-3-2-4-17)31-13-15-5-11-19(12-6-15)23(24,25)26/h5-12,14,17,20H,2-4,13H2,1H3,(H,27,28)(H,29,30)/t14-,20+/m0/s1. The van der Waals surface area contributed by atoms with Gasteiger partial charge in [-0.1, -0.05) is 30.7 Å². The molecule has 2 aromatic carbocycles. The zero-order valence-corrected chi connectivity index (χ0v) is 17.0. The second kappa shape index (κ2) is 9.51. The summed E-state index contributed by atoms with van der Waals surface area (Å²) in [4.78, 5) is 23.8. The number of aromatic carboxylic acids is 1. The first-order valence-electron chi connectivity index (χ1n) is 10.1. The fraction of sp³-hybridized carbons (Fsp3) is 0.391. The third-order valence-electron chi connectivity index (χ3n) is 5.56. The van der Waals surface area contributed by atoms with Crippen molar-refractivity contribution < 1.29 is 32.6 Å². The first-order chi connectivity index (χ1) is 14.6. The Kier molecular flexibility index (Phi) is 7.00. The molecule has 1 aliphatic carbocycles. The molecule has 0 radical (unpaired) electrons. The lowest BCUT2D eigenvalue weighted by molar-refractivity contribution is -0.141. The van der Waals surface area contributed by atoms with Crippen LogP contribution in [0.25, 0.3) is 0 Å². The van der Waals surface area contributed by atoms with E-state index in [2.05, 4.69) is 5.32 Å². The quantitative estimate of drug-likeness (QED) is 0.614. The lowest BCUT2D eigenvalue weighted by atomic mass is 9.80. The molecule has 2 N–H and O–H groups in total. The minimum atomic E-state index is -4.40. The van der Waals surface area contributed by atoms with Crippen LogP contribution in [-0.4, -0.2) is 23.1 Å². The van der Waals surface area contributed by atoms with Crippen LogP contribution >= 0.6 is 0 Å². The number of halogens is 3. The molecule has 1 amide bonds. The molecule has 2 aromatic rings. The summed E-state index contributed by atoms with van der Waals surface area (Å²) in [6.45, 7) is 1.83. The van der Waals surface area contributed by atoms with Gasteiger partial charge in [0, 0.05) is 0 Å². The summed E-state index contributed by atoms with van der Waals surface area (Å²) >= 11 is 0. The number of hydrogen-bond donors (Lipinski definition) is 2. The van der Waals surface area contributed by atoms with Gasteiger partial charge in [0.1, 0.15) is 6.10 Å². The Morgan fingerprint density at radius 2 is 1.71 bits per heavy atom. The highest BCUT2D eigenvalue weighted by atomic mass is 19.4. The highest BCUT2D eigenvalue weighted by Crippen LogP contribution is 2.33. The maximum atomic E-state index is 12.9. The van der Waals surface area contributed by atoms with Crippen LogP contribution in [0.2, 0.25) is 0 Å². The van der Waals surface area contributed by atoms with E-state index in [4.69, 9.17) is 9.84 Å². The molecular weight excluding hydrogens is 411 g/mol. The first kappa shape index (κ1) is 22.8.